The van der Waals surface area contributed by atoms with Gasteiger partial charge in [0.25, 0.3) is 0 Å². The molecule has 0 spiro atoms. The molecule has 7 aromatic carbocycles. The topological polar surface area (TPSA) is 92.3 Å². The highest BCUT2D eigenvalue weighted by Gasteiger charge is 2.54. The fraction of sp³-hybridized carbons (Fsp3) is 0.322. The molecule has 0 aliphatic carbocycles. The zero-order valence-electron chi connectivity index (χ0n) is 39.3. The first kappa shape index (κ1) is 48.4. The summed E-state index contributed by atoms with van der Waals surface area (Å²) in [4.78, 5) is 0. The van der Waals surface area contributed by atoms with Gasteiger partial charge < -0.3 is 47.4 Å². The Hall–Kier alpha value is -5.60. The molecule has 0 unspecified atom stereocenters. The summed E-state index contributed by atoms with van der Waals surface area (Å²) in [5, 5.41) is 2.26. The minimum atomic E-state index is -1.01. The van der Waals surface area contributed by atoms with Gasteiger partial charge in [-0.15, -0.1) is 0 Å². The highest BCUT2D eigenvalue weighted by molar-refractivity contribution is 5.82. The summed E-state index contributed by atoms with van der Waals surface area (Å²) < 4.78 is 68.4. The second kappa shape index (κ2) is 24.8. The van der Waals surface area contributed by atoms with Gasteiger partial charge in [-0.05, 0) is 57.1 Å². The van der Waals surface area contributed by atoms with Crippen LogP contribution in [-0.2, 0) is 87.0 Å². The lowest BCUT2D eigenvalue weighted by Crippen LogP contribution is -2.65. The summed E-state index contributed by atoms with van der Waals surface area (Å²) in [5.41, 5.74) is 6.07. The molecule has 7 aromatic rings. The van der Waals surface area contributed by atoms with E-state index >= 15 is 0 Å². The van der Waals surface area contributed by atoms with E-state index < -0.39 is 61.4 Å². The van der Waals surface area contributed by atoms with Crippen molar-refractivity contribution in [2.75, 3.05) is 13.7 Å². The van der Waals surface area contributed by atoms with Gasteiger partial charge >= 0.3 is 0 Å². The Morgan fingerprint density at radius 1 is 0.362 bits per heavy atom. The second-order valence-corrected chi connectivity index (χ2v) is 17.6. The van der Waals surface area contributed by atoms with Gasteiger partial charge in [0.1, 0.15) is 42.7 Å². The lowest BCUT2D eigenvalue weighted by Gasteiger charge is -2.49. The Morgan fingerprint density at radius 3 is 1.30 bits per heavy atom. The zero-order chi connectivity index (χ0) is 47.0. The molecule has 0 amide bonds. The number of ether oxygens (including phenoxy) is 10. The number of benzene rings is 7. The van der Waals surface area contributed by atoms with Gasteiger partial charge in [0.2, 0.25) is 0 Å². The van der Waals surface area contributed by atoms with E-state index in [4.69, 9.17) is 47.4 Å². The fourth-order valence-electron chi connectivity index (χ4n) is 9.03. The van der Waals surface area contributed by atoms with Crippen molar-refractivity contribution in [1.29, 1.82) is 0 Å². The summed E-state index contributed by atoms with van der Waals surface area (Å²) in [5.74, 6) is 0. The fourth-order valence-corrected chi connectivity index (χ4v) is 9.03. The van der Waals surface area contributed by atoms with E-state index in [0.29, 0.717) is 26.4 Å². The second-order valence-electron chi connectivity index (χ2n) is 17.6. The predicted molar refractivity (Wildman–Crippen MR) is 264 cm³/mol. The first-order chi connectivity index (χ1) is 34.1. The molecule has 9 rings (SSSR count). The molecule has 2 aliphatic rings. The lowest BCUT2D eigenvalue weighted by atomic mass is 9.96. The van der Waals surface area contributed by atoms with Crippen molar-refractivity contribution < 1.29 is 47.4 Å². The Kier molecular flexibility index (Phi) is 17.4. The maximum atomic E-state index is 7.30. The predicted octanol–water partition coefficient (Wildman–Crippen LogP) is 10.8. The van der Waals surface area contributed by atoms with Crippen LogP contribution in [0.1, 0.15) is 40.3 Å². The summed E-state index contributed by atoms with van der Waals surface area (Å²) in [6.07, 6.45) is -7.34. The summed E-state index contributed by atoms with van der Waals surface area (Å²) in [6.45, 7) is 4.05. The van der Waals surface area contributed by atoms with Crippen molar-refractivity contribution in [3.05, 3.63) is 228 Å². The maximum absolute atomic E-state index is 7.30. The quantitative estimate of drug-likeness (QED) is 0.0654. The average molecular weight is 931 g/mol. The molecule has 2 aliphatic heterocycles. The third-order valence-electron chi connectivity index (χ3n) is 12.6. The van der Waals surface area contributed by atoms with Gasteiger partial charge in [0.05, 0.1) is 52.4 Å². The highest BCUT2D eigenvalue weighted by Crippen LogP contribution is 2.37. The lowest BCUT2D eigenvalue weighted by molar-refractivity contribution is -0.378. The van der Waals surface area contributed by atoms with E-state index in [1.165, 1.54) is 0 Å². The standard InChI is InChI=1S/C59H62O10/c1-42-52(62-36-44-22-10-4-11-23-44)54(64-38-46-26-14-6-15-27-46)56(66-40-48-32-33-49-30-18-19-31-50(49)34-48)59(67-42)69-57-55(65-39-47-28-16-7-17-29-47)53(63-37-45-24-12-5-13-25-45)51(68-58(57)60-2)41-61-35-43-20-8-3-9-21-43/h3-34,42,51-59H,35-41H2,1-2H3/t42-,51+,52+,53-,54+,55-,56-,57+,58+,59-/m0/s1. The molecule has 2 fully saturated rings. The van der Waals surface area contributed by atoms with Crippen molar-refractivity contribution in [1.82, 2.24) is 0 Å². The van der Waals surface area contributed by atoms with Crippen molar-refractivity contribution in [3.63, 3.8) is 0 Å². The normalized spacial score (nSPS) is 24.8. The summed E-state index contributed by atoms with van der Waals surface area (Å²) in [6, 6.07) is 65.1. The third-order valence-corrected chi connectivity index (χ3v) is 12.6. The molecule has 0 saturated carbocycles. The molecule has 0 radical (unpaired) electrons. The molecule has 2 heterocycles. The molecule has 0 N–H and O–H groups in total. The van der Waals surface area contributed by atoms with Crippen LogP contribution >= 0.6 is 0 Å². The van der Waals surface area contributed by atoms with Crippen LogP contribution in [0, 0.1) is 0 Å². The van der Waals surface area contributed by atoms with Gasteiger partial charge in [-0.1, -0.05) is 188 Å². The van der Waals surface area contributed by atoms with Crippen LogP contribution in [0.25, 0.3) is 10.8 Å². The summed E-state index contributed by atoms with van der Waals surface area (Å²) >= 11 is 0. The molecule has 358 valence electrons. The molecular formula is C59H62O10. The zero-order valence-corrected chi connectivity index (χ0v) is 39.3. The number of hydrogen-bond donors (Lipinski definition) is 0. The minimum Gasteiger partial charge on any atom is -0.374 e. The van der Waals surface area contributed by atoms with Crippen LogP contribution in [0.4, 0.5) is 0 Å². The Balaban J connectivity index is 1.06. The van der Waals surface area contributed by atoms with Crippen molar-refractivity contribution >= 4 is 10.8 Å². The van der Waals surface area contributed by atoms with Crippen molar-refractivity contribution in [2.24, 2.45) is 0 Å². The van der Waals surface area contributed by atoms with Crippen molar-refractivity contribution in [2.45, 2.75) is 108 Å². The van der Waals surface area contributed by atoms with E-state index in [1.807, 2.05) is 171 Å². The van der Waals surface area contributed by atoms with E-state index in [0.717, 1.165) is 44.2 Å². The van der Waals surface area contributed by atoms with E-state index in [9.17, 15) is 0 Å². The van der Waals surface area contributed by atoms with Crippen LogP contribution in [0.3, 0.4) is 0 Å². The number of fused-ring (bicyclic) bond motifs is 1. The van der Waals surface area contributed by atoms with Crippen LogP contribution < -0.4 is 0 Å². The van der Waals surface area contributed by atoms with Crippen LogP contribution in [0.5, 0.6) is 0 Å². The molecule has 10 atom stereocenters. The molecular weight excluding hydrogens is 869 g/mol. The van der Waals surface area contributed by atoms with Crippen molar-refractivity contribution in [3.8, 4) is 0 Å². The van der Waals surface area contributed by atoms with E-state index in [2.05, 4.69) is 30.3 Å². The van der Waals surface area contributed by atoms with Gasteiger partial charge in [0, 0.05) is 7.11 Å². The molecule has 0 aromatic heterocycles. The monoisotopic (exact) mass is 930 g/mol. The van der Waals surface area contributed by atoms with E-state index in [1.54, 1.807) is 7.11 Å². The largest absolute Gasteiger partial charge is 0.374 e. The first-order valence-electron chi connectivity index (χ1n) is 23.9. The van der Waals surface area contributed by atoms with Gasteiger partial charge in [0.15, 0.2) is 12.6 Å². The minimum absolute atomic E-state index is 0.205. The van der Waals surface area contributed by atoms with Gasteiger partial charge in [-0.2, -0.15) is 0 Å². The third kappa shape index (κ3) is 13.2. The molecule has 2 saturated heterocycles. The molecule has 10 heteroatoms. The van der Waals surface area contributed by atoms with Crippen LogP contribution in [0.15, 0.2) is 194 Å². The number of methoxy groups -OCH3 is 1. The van der Waals surface area contributed by atoms with Gasteiger partial charge in [-0.25, -0.2) is 0 Å². The Morgan fingerprint density at radius 2 is 0.783 bits per heavy atom. The first-order valence-corrected chi connectivity index (χ1v) is 23.9. The van der Waals surface area contributed by atoms with E-state index in [-0.39, 0.29) is 19.8 Å². The molecule has 10 nitrogen and oxygen atoms in total. The Labute approximate surface area is 405 Å². The molecule has 69 heavy (non-hydrogen) atoms. The van der Waals surface area contributed by atoms with Crippen LogP contribution in [-0.4, -0.2) is 75.1 Å². The van der Waals surface area contributed by atoms with Gasteiger partial charge in [-0.3, -0.25) is 0 Å². The molecule has 0 bridgehead atoms. The summed E-state index contributed by atoms with van der Waals surface area (Å²) in [7, 11) is 1.61. The smallest absolute Gasteiger partial charge is 0.187 e. The SMILES string of the molecule is CO[C@@H]1O[C@H](COCc2ccccc2)[C@H](OCc2ccccc2)[C@H](OCc2ccccc2)[C@H]1O[C@@H]1O[C@@H](C)[C@@H](OCc2ccccc2)[C@@H](OCc2ccccc2)[C@@H]1OCc1ccc2ccccc2c1. The number of rotatable bonds is 22. The maximum Gasteiger partial charge on any atom is 0.187 e. The van der Waals surface area contributed by atoms with Crippen LogP contribution in [0.2, 0.25) is 0 Å². The average Bonchev–Trinajstić information content (AvgIpc) is 3.40. The highest BCUT2D eigenvalue weighted by atomic mass is 16.8. The Bertz CT molecular complexity index is 2550. The number of hydrogen-bond acceptors (Lipinski definition) is 10.